The molecule has 1 aliphatic rings. The van der Waals surface area contributed by atoms with Crippen molar-refractivity contribution in [2.24, 2.45) is 4.99 Å². The zero-order valence-electron chi connectivity index (χ0n) is 16.3. The minimum absolute atomic E-state index is 0.138. The van der Waals surface area contributed by atoms with Crippen LogP contribution in [0.4, 0.5) is 10.1 Å². The number of anilines is 1. The van der Waals surface area contributed by atoms with Crippen molar-refractivity contribution in [1.29, 1.82) is 0 Å². The molecule has 0 radical (unpaired) electrons. The molecule has 3 N–H and O–H groups in total. The van der Waals surface area contributed by atoms with E-state index in [1.54, 1.807) is 6.07 Å². The first-order valence-electron chi connectivity index (χ1n) is 9.29. The number of halogens is 1. The summed E-state index contributed by atoms with van der Waals surface area (Å²) < 4.78 is 38.9. The Labute approximate surface area is 161 Å². The Morgan fingerprint density at radius 3 is 2.89 bits per heavy atom. The van der Waals surface area contributed by atoms with Crippen LogP contribution in [0.5, 0.6) is 0 Å². The van der Waals surface area contributed by atoms with Crippen molar-refractivity contribution < 1.29 is 12.8 Å². The third-order valence-electron chi connectivity index (χ3n) is 4.29. The lowest BCUT2D eigenvalue weighted by molar-refractivity contribution is 0.462. The highest BCUT2D eigenvalue weighted by Gasteiger charge is 2.22. The Morgan fingerprint density at radius 2 is 2.19 bits per heavy atom. The number of hydrogen-bond donors (Lipinski definition) is 3. The van der Waals surface area contributed by atoms with Crippen molar-refractivity contribution >= 4 is 21.7 Å². The quantitative estimate of drug-likeness (QED) is 0.365. The molecular weight excluding hydrogens is 369 g/mol. The van der Waals surface area contributed by atoms with Gasteiger partial charge in [0.05, 0.1) is 18.5 Å². The fraction of sp³-hybridized carbons (Fsp3) is 0.611. The number of aryl methyl sites for hydroxylation is 1. The van der Waals surface area contributed by atoms with Crippen LogP contribution in [0.15, 0.2) is 23.2 Å². The number of sulfonamides is 1. The first-order chi connectivity index (χ1) is 12.8. The summed E-state index contributed by atoms with van der Waals surface area (Å²) in [5.41, 5.74) is 1.68. The Morgan fingerprint density at radius 1 is 1.41 bits per heavy atom. The zero-order chi connectivity index (χ0) is 19.9. The molecule has 152 valence electrons. The molecule has 0 aliphatic carbocycles. The first kappa shape index (κ1) is 21.4. The highest BCUT2D eigenvalue weighted by molar-refractivity contribution is 7.88. The molecule has 1 aromatic carbocycles. The molecule has 9 heteroatoms. The second-order valence-corrected chi connectivity index (χ2v) is 8.64. The lowest BCUT2D eigenvalue weighted by atomic mass is 10.0. The van der Waals surface area contributed by atoms with Gasteiger partial charge in [-0.25, -0.2) is 17.5 Å². The summed E-state index contributed by atoms with van der Waals surface area (Å²) in [6.07, 6.45) is 3.05. The van der Waals surface area contributed by atoms with Gasteiger partial charge >= 0.3 is 0 Å². The number of guanidine groups is 1. The van der Waals surface area contributed by atoms with Crippen molar-refractivity contribution in [3.63, 3.8) is 0 Å². The molecule has 1 heterocycles. The van der Waals surface area contributed by atoms with Gasteiger partial charge in [0.25, 0.3) is 0 Å². The fourth-order valence-corrected chi connectivity index (χ4v) is 3.55. The molecule has 1 saturated heterocycles. The summed E-state index contributed by atoms with van der Waals surface area (Å²) in [6.45, 7) is 6.74. The minimum atomic E-state index is -3.21. The van der Waals surface area contributed by atoms with E-state index in [-0.39, 0.29) is 18.4 Å². The molecule has 0 bridgehead atoms. The van der Waals surface area contributed by atoms with Crippen LogP contribution in [0.3, 0.4) is 0 Å². The highest BCUT2D eigenvalue weighted by Crippen LogP contribution is 2.24. The molecule has 1 aliphatic heterocycles. The normalized spacial score (nSPS) is 18.4. The Hall–Kier alpha value is -1.87. The van der Waals surface area contributed by atoms with Crippen molar-refractivity contribution in [3.8, 4) is 0 Å². The van der Waals surface area contributed by atoms with E-state index in [0.717, 1.165) is 31.2 Å². The summed E-state index contributed by atoms with van der Waals surface area (Å²) in [5, 5.41) is 6.56. The molecule has 7 nitrogen and oxygen atoms in total. The molecule has 0 spiro atoms. The van der Waals surface area contributed by atoms with E-state index in [1.165, 1.54) is 6.07 Å². The van der Waals surface area contributed by atoms with Crippen LogP contribution < -0.4 is 20.3 Å². The maximum Gasteiger partial charge on any atom is 0.208 e. The Kier molecular flexibility index (Phi) is 7.85. The molecule has 1 fully saturated rings. The molecule has 0 amide bonds. The number of nitrogens with one attached hydrogen (secondary N) is 3. The van der Waals surface area contributed by atoms with Gasteiger partial charge in [0.1, 0.15) is 5.82 Å². The number of nitrogens with zero attached hydrogens (tertiary/aromatic N) is 2. The van der Waals surface area contributed by atoms with Crippen LogP contribution >= 0.6 is 0 Å². The van der Waals surface area contributed by atoms with Gasteiger partial charge in [0, 0.05) is 32.2 Å². The maximum absolute atomic E-state index is 14.2. The molecule has 0 saturated carbocycles. The second-order valence-electron chi connectivity index (χ2n) is 6.81. The van der Waals surface area contributed by atoms with E-state index in [2.05, 4.69) is 25.2 Å². The van der Waals surface area contributed by atoms with Crippen molar-refractivity contribution in [1.82, 2.24) is 15.4 Å². The fourth-order valence-electron chi connectivity index (χ4n) is 3.09. The third kappa shape index (κ3) is 7.34. The van der Waals surface area contributed by atoms with Gasteiger partial charge in [0.15, 0.2) is 5.96 Å². The van der Waals surface area contributed by atoms with E-state index >= 15 is 0 Å². The SMILES string of the molecule is CCNC(=NCCNS(C)(=O)=O)NC1CCCN(c2cc(C)ccc2F)C1. The van der Waals surface area contributed by atoms with E-state index in [0.29, 0.717) is 31.3 Å². The average Bonchev–Trinajstić information content (AvgIpc) is 2.60. The summed E-state index contributed by atoms with van der Waals surface area (Å²) in [4.78, 5) is 6.48. The molecule has 27 heavy (non-hydrogen) atoms. The van der Waals surface area contributed by atoms with Gasteiger partial charge in [0.2, 0.25) is 10.0 Å². The van der Waals surface area contributed by atoms with Gasteiger partial charge < -0.3 is 15.5 Å². The topological polar surface area (TPSA) is 85.8 Å². The monoisotopic (exact) mass is 399 g/mol. The summed E-state index contributed by atoms with van der Waals surface area (Å²) in [6, 6.07) is 5.31. The highest BCUT2D eigenvalue weighted by atomic mass is 32.2. The maximum atomic E-state index is 14.2. The van der Waals surface area contributed by atoms with E-state index in [9.17, 15) is 12.8 Å². The number of aliphatic imine (C=N–C) groups is 1. The summed E-state index contributed by atoms with van der Waals surface area (Å²) in [5.74, 6) is 0.443. The van der Waals surface area contributed by atoms with Crippen molar-refractivity contribution in [3.05, 3.63) is 29.6 Å². The number of piperidine rings is 1. The predicted octanol–water partition coefficient (Wildman–Crippen LogP) is 1.21. The van der Waals surface area contributed by atoms with Crippen LogP contribution in [-0.2, 0) is 10.0 Å². The van der Waals surface area contributed by atoms with Crippen LogP contribution in [0.2, 0.25) is 0 Å². The lowest BCUT2D eigenvalue weighted by Crippen LogP contribution is -2.51. The van der Waals surface area contributed by atoms with Crippen molar-refractivity contribution in [2.45, 2.75) is 32.7 Å². The third-order valence-corrected chi connectivity index (χ3v) is 5.02. The summed E-state index contributed by atoms with van der Waals surface area (Å²) in [7, 11) is -3.21. The van der Waals surface area contributed by atoms with Gasteiger partial charge in [-0.05, 0) is 44.4 Å². The van der Waals surface area contributed by atoms with Crippen molar-refractivity contribution in [2.75, 3.05) is 43.9 Å². The number of hydrogen-bond acceptors (Lipinski definition) is 4. The lowest BCUT2D eigenvalue weighted by Gasteiger charge is -2.35. The standard InChI is InChI=1S/C18H30FN5O2S/c1-4-20-18(21-9-10-22-27(3,25)26)23-15-6-5-11-24(13-15)17-12-14(2)7-8-16(17)19/h7-8,12,15,22H,4-6,9-11,13H2,1-3H3,(H2,20,21,23). The predicted molar refractivity (Wildman–Crippen MR) is 108 cm³/mol. The molecule has 0 aromatic heterocycles. The Balaban J connectivity index is 1.97. The minimum Gasteiger partial charge on any atom is -0.367 e. The molecule has 1 atom stereocenters. The molecule has 1 unspecified atom stereocenters. The van der Waals surface area contributed by atoms with Crippen LogP contribution in [0, 0.1) is 12.7 Å². The largest absolute Gasteiger partial charge is 0.367 e. The van der Waals surface area contributed by atoms with E-state index in [4.69, 9.17) is 0 Å². The van der Waals surface area contributed by atoms with Crippen LogP contribution in [-0.4, -0.2) is 59.4 Å². The second kappa shape index (κ2) is 9.89. The number of rotatable bonds is 7. The van der Waals surface area contributed by atoms with Crippen LogP contribution in [0.1, 0.15) is 25.3 Å². The van der Waals surface area contributed by atoms with Gasteiger partial charge in [-0.3, -0.25) is 4.99 Å². The zero-order valence-corrected chi connectivity index (χ0v) is 17.1. The van der Waals surface area contributed by atoms with Gasteiger partial charge in [-0.15, -0.1) is 0 Å². The molecule has 2 rings (SSSR count). The first-order valence-corrected chi connectivity index (χ1v) is 11.2. The average molecular weight is 400 g/mol. The van der Waals surface area contributed by atoms with E-state index < -0.39 is 10.0 Å². The molecular formula is C18H30FN5O2S. The summed E-state index contributed by atoms with van der Waals surface area (Å²) >= 11 is 0. The van der Waals surface area contributed by atoms with Crippen LogP contribution in [0.25, 0.3) is 0 Å². The molecule has 1 aromatic rings. The number of benzene rings is 1. The smallest absolute Gasteiger partial charge is 0.208 e. The Bertz CT molecular complexity index is 754. The van der Waals surface area contributed by atoms with E-state index in [1.807, 2.05) is 19.9 Å². The van der Waals surface area contributed by atoms with Gasteiger partial charge in [-0.2, -0.15) is 0 Å². The van der Waals surface area contributed by atoms with Gasteiger partial charge in [-0.1, -0.05) is 6.07 Å².